The Morgan fingerprint density at radius 3 is 2.79 bits per heavy atom. The minimum Gasteiger partial charge on any atom is -0.352 e. The molecule has 24 heavy (non-hydrogen) atoms. The van der Waals surface area contributed by atoms with Crippen LogP contribution >= 0.6 is 11.6 Å². The van der Waals surface area contributed by atoms with E-state index in [1.165, 1.54) is 0 Å². The van der Waals surface area contributed by atoms with Crippen molar-refractivity contribution in [2.24, 2.45) is 0 Å². The first-order chi connectivity index (χ1) is 11.7. The lowest BCUT2D eigenvalue weighted by Gasteiger charge is -2.06. The minimum absolute atomic E-state index is 0.146. The fourth-order valence-electron chi connectivity index (χ4n) is 2.48. The average molecular weight is 339 g/mol. The number of rotatable bonds is 5. The zero-order chi connectivity index (χ0) is 16.9. The average Bonchev–Trinajstić information content (AvgIpc) is 3.03. The van der Waals surface area contributed by atoms with Gasteiger partial charge in [0.1, 0.15) is 0 Å². The molecule has 0 saturated carbocycles. The summed E-state index contributed by atoms with van der Waals surface area (Å²) in [5.74, 6) is -0.146. The van der Waals surface area contributed by atoms with Crippen LogP contribution in [0.2, 0.25) is 5.02 Å². The van der Waals surface area contributed by atoms with Crippen LogP contribution in [0.15, 0.2) is 48.7 Å². The lowest BCUT2D eigenvalue weighted by Crippen LogP contribution is -2.25. The molecule has 1 aromatic heterocycles. The summed E-state index contributed by atoms with van der Waals surface area (Å²) >= 11 is 6.13. The molecule has 3 aromatic rings. The van der Waals surface area contributed by atoms with Gasteiger partial charge in [-0.25, -0.2) is 0 Å². The number of nitriles is 1. The van der Waals surface area contributed by atoms with Crippen molar-refractivity contribution in [2.45, 2.75) is 13.0 Å². The monoisotopic (exact) mass is 338 g/mol. The zero-order valence-electron chi connectivity index (χ0n) is 12.9. The molecule has 120 valence electrons. The molecule has 0 aliphatic rings. The van der Waals surface area contributed by atoms with Crippen LogP contribution in [0, 0.1) is 11.3 Å². The van der Waals surface area contributed by atoms with Crippen molar-refractivity contribution in [3.63, 3.8) is 0 Å². The number of halogens is 1. The van der Waals surface area contributed by atoms with Gasteiger partial charge in [0.15, 0.2) is 0 Å². The molecule has 0 saturated heterocycles. The highest BCUT2D eigenvalue weighted by atomic mass is 35.5. The third-order valence-corrected chi connectivity index (χ3v) is 4.07. The number of nitrogens with zero attached hydrogens (tertiary/aromatic N) is 3. The summed E-state index contributed by atoms with van der Waals surface area (Å²) in [5, 5.41) is 17.6. The first-order valence-corrected chi connectivity index (χ1v) is 7.95. The van der Waals surface area contributed by atoms with Gasteiger partial charge in [0.2, 0.25) is 0 Å². The van der Waals surface area contributed by atoms with Crippen LogP contribution < -0.4 is 5.32 Å². The molecule has 0 radical (unpaired) electrons. The fraction of sp³-hybridized carbons (Fsp3) is 0.167. The normalized spacial score (nSPS) is 10.5. The summed E-state index contributed by atoms with van der Waals surface area (Å²) < 4.78 is 1.88. The van der Waals surface area contributed by atoms with E-state index < -0.39 is 0 Å². The molecule has 0 unspecified atom stereocenters. The second-order valence-corrected chi connectivity index (χ2v) is 5.75. The second-order valence-electron chi connectivity index (χ2n) is 5.34. The quantitative estimate of drug-likeness (QED) is 0.725. The summed E-state index contributed by atoms with van der Waals surface area (Å²) in [7, 11) is 0. The Morgan fingerprint density at radius 2 is 2.04 bits per heavy atom. The van der Waals surface area contributed by atoms with Crippen molar-refractivity contribution in [3.05, 3.63) is 64.8 Å². The van der Waals surface area contributed by atoms with E-state index in [-0.39, 0.29) is 5.91 Å². The van der Waals surface area contributed by atoms with Crippen molar-refractivity contribution in [1.82, 2.24) is 15.1 Å². The van der Waals surface area contributed by atoms with Gasteiger partial charge in [0.05, 0.1) is 28.4 Å². The van der Waals surface area contributed by atoms with Crippen LogP contribution in [0.3, 0.4) is 0 Å². The van der Waals surface area contributed by atoms with Gasteiger partial charge in [0, 0.05) is 24.0 Å². The summed E-state index contributed by atoms with van der Waals surface area (Å²) in [6.07, 6.45) is 2.51. The first-order valence-electron chi connectivity index (χ1n) is 7.57. The molecule has 5 nitrogen and oxygen atoms in total. The van der Waals surface area contributed by atoms with Crippen LogP contribution in [-0.4, -0.2) is 22.2 Å². The van der Waals surface area contributed by atoms with Crippen LogP contribution in [-0.2, 0) is 6.54 Å². The maximum Gasteiger partial charge on any atom is 0.251 e. The lowest BCUT2D eigenvalue weighted by molar-refractivity contribution is 0.0952. The number of hydrogen-bond donors (Lipinski definition) is 1. The highest BCUT2D eigenvalue weighted by Gasteiger charge is 2.07. The number of fused-ring (bicyclic) bond motifs is 1. The third kappa shape index (κ3) is 3.39. The number of aryl methyl sites for hydroxylation is 1. The highest BCUT2D eigenvalue weighted by Crippen LogP contribution is 2.22. The molecule has 0 aliphatic heterocycles. The van der Waals surface area contributed by atoms with Crippen molar-refractivity contribution >= 4 is 28.4 Å². The Hall–Kier alpha value is -2.84. The van der Waals surface area contributed by atoms with Crippen molar-refractivity contribution in [1.29, 1.82) is 5.26 Å². The summed E-state index contributed by atoms with van der Waals surface area (Å²) in [6.45, 7) is 1.23. The van der Waals surface area contributed by atoms with Crippen LogP contribution in [0.25, 0.3) is 10.9 Å². The predicted octanol–water partition coefficient (Wildman–Crippen LogP) is 3.38. The Kier molecular flexibility index (Phi) is 4.78. The predicted molar refractivity (Wildman–Crippen MR) is 92.9 cm³/mol. The standard InChI is InChI=1S/C18H15ClN4O/c19-16-3-1-4-17-15(16)12-22-23(17)10-2-9-21-18(24)14-7-5-13(11-20)6-8-14/h1,3-8,12H,2,9-10H2,(H,21,24). The van der Waals surface area contributed by atoms with Gasteiger partial charge in [-0.05, 0) is 42.8 Å². The van der Waals surface area contributed by atoms with Gasteiger partial charge >= 0.3 is 0 Å². The minimum atomic E-state index is -0.146. The third-order valence-electron chi connectivity index (χ3n) is 3.74. The van der Waals surface area contributed by atoms with Crippen LogP contribution in [0.4, 0.5) is 0 Å². The number of carbonyl (C=O) groups excluding carboxylic acids is 1. The van der Waals surface area contributed by atoms with E-state index >= 15 is 0 Å². The van der Waals surface area contributed by atoms with Gasteiger partial charge in [-0.15, -0.1) is 0 Å². The molecular weight excluding hydrogens is 324 g/mol. The lowest BCUT2D eigenvalue weighted by atomic mass is 10.1. The van der Waals surface area contributed by atoms with E-state index in [9.17, 15) is 4.79 Å². The smallest absolute Gasteiger partial charge is 0.251 e. The largest absolute Gasteiger partial charge is 0.352 e. The Balaban J connectivity index is 1.53. The van der Waals surface area contributed by atoms with Gasteiger partial charge in [-0.3, -0.25) is 9.48 Å². The maximum absolute atomic E-state index is 12.0. The molecule has 1 heterocycles. The molecule has 6 heteroatoms. The van der Waals surface area contributed by atoms with E-state index in [1.807, 2.05) is 29.0 Å². The molecule has 0 fully saturated rings. The number of nitrogens with one attached hydrogen (secondary N) is 1. The molecule has 1 N–H and O–H groups in total. The van der Waals surface area contributed by atoms with E-state index in [4.69, 9.17) is 16.9 Å². The van der Waals surface area contributed by atoms with E-state index in [0.29, 0.717) is 29.2 Å². The number of hydrogen-bond acceptors (Lipinski definition) is 3. The number of aromatic nitrogens is 2. The van der Waals surface area contributed by atoms with E-state index in [0.717, 1.165) is 17.3 Å². The topological polar surface area (TPSA) is 70.7 Å². The van der Waals surface area contributed by atoms with Crippen molar-refractivity contribution in [3.8, 4) is 6.07 Å². The molecule has 0 spiro atoms. The molecule has 0 bridgehead atoms. The van der Waals surface area contributed by atoms with Crippen LogP contribution in [0.1, 0.15) is 22.3 Å². The summed E-state index contributed by atoms with van der Waals surface area (Å²) in [5.41, 5.74) is 2.07. The maximum atomic E-state index is 12.0. The van der Waals surface area contributed by atoms with Crippen molar-refractivity contribution < 1.29 is 4.79 Å². The van der Waals surface area contributed by atoms with Gasteiger partial charge in [0.25, 0.3) is 5.91 Å². The number of carbonyl (C=O) groups is 1. The van der Waals surface area contributed by atoms with Crippen LogP contribution in [0.5, 0.6) is 0 Å². The molecule has 1 amide bonds. The zero-order valence-corrected chi connectivity index (χ0v) is 13.6. The number of amides is 1. The first kappa shape index (κ1) is 16.0. The Morgan fingerprint density at radius 1 is 1.25 bits per heavy atom. The second kappa shape index (κ2) is 7.16. The SMILES string of the molecule is N#Cc1ccc(C(=O)NCCCn2ncc3c(Cl)cccc32)cc1. The van der Waals surface area contributed by atoms with Gasteiger partial charge in [-0.2, -0.15) is 10.4 Å². The molecule has 3 rings (SSSR count). The molecular formula is C18H15ClN4O. The Bertz CT molecular complexity index is 909. The molecule has 2 aromatic carbocycles. The van der Waals surface area contributed by atoms with Crippen molar-refractivity contribution in [2.75, 3.05) is 6.54 Å². The molecule has 0 aliphatic carbocycles. The summed E-state index contributed by atoms with van der Waals surface area (Å²) in [4.78, 5) is 12.0. The van der Waals surface area contributed by atoms with E-state index in [2.05, 4.69) is 10.4 Å². The number of benzene rings is 2. The molecule has 0 atom stereocenters. The summed E-state index contributed by atoms with van der Waals surface area (Å²) in [6, 6.07) is 14.3. The van der Waals surface area contributed by atoms with Gasteiger partial charge < -0.3 is 5.32 Å². The van der Waals surface area contributed by atoms with E-state index in [1.54, 1.807) is 30.5 Å². The fourth-order valence-corrected chi connectivity index (χ4v) is 2.69. The van der Waals surface area contributed by atoms with Gasteiger partial charge in [-0.1, -0.05) is 17.7 Å². The highest BCUT2D eigenvalue weighted by molar-refractivity contribution is 6.35. The Labute approximate surface area is 144 Å².